The highest BCUT2D eigenvalue weighted by atomic mass is 35.5. The van der Waals surface area contributed by atoms with Gasteiger partial charge in [0.1, 0.15) is 5.69 Å². The Labute approximate surface area is 152 Å². The smallest absolute Gasteiger partial charge is 0.270 e. The fourth-order valence-corrected chi connectivity index (χ4v) is 2.77. The molecule has 0 radical (unpaired) electrons. The summed E-state index contributed by atoms with van der Waals surface area (Å²) in [5.41, 5.74) is 1.47. The van der Waals surface area contributed by atoms with Crippen LogP contribution in [0, 0.1) is 0 Å². The van der Waals surface area contributed by atoms with E-state index < -0.39 is 0 Å². The van der Waals surface area contributed by atoms with Gasteiger partial charge in [0.25, 0.3) is 5.91 Å². The number of anilines is 1. The molecule has 1 aromatic carbocycles. The summed E-state index contributed by atoms with van der Waals surface area (Å²) in [6.45, 7) is 1.99. The first-order valence-electron chi connectivity index (χ1n) is 8.42. The van der Waals surface area contributed by atoms with Crippen molar-refractivity contribution in [2.45, 2.75) is 25.4 Å². The monoisotopic (exact) mass is 360 g/mol. The molecule has 0 saturated carbocycles. The Balaban J connectivity index is 1.47. The standard InChI is InChI=1S/C18H21ClN4O2/c19-14-5-3-13(4-6-14)7-9-20-17(24)16-8-10-21-18(23-16)22-12-15-2-1-11-25-15/h3-6,8,10,15H,1-2,7,9,11-12H2,(H,20,24)(H,21,22,23). The lowest BCUT2D eigenvalue weighted by atomic mass is 10.1. The summed E-state index contributed by atoms with van der Waals surface area (Å²) in [7, 11) is 0. The molecule has 2 aromatic rings. The zero-order chi connectivity index (χ0) is 17.5. The summed E-state index contributed by atoms with van der Waals surface area (Å²) < 4.78 is 5.55. The maximum atomic E-state index is 12.2. The normalized spacial score (nSPS) is 16.6. The summed E-state index contributed by atoms with van der Waals surface area (Å²) in [6.07, 6.45) is 4.64. The van der Waals surface area contributed by atoms with Gasteiger partial charge in [0, 0.05) is 30.9 Å². The Hall–Kier alpha value is -2.18. The van der Waals surface area contributed by atoms with Crippen LogP contribution >= 0.6 is 11.6 Å². The number of hydrogen-bond donors (Lipinski definition) is 2. The number of nitrogens with one attached hydrogen (secondary N) is 2. The third-order valence-electron chi connectivity index (χ3n) is 4.01. The number of aromatic nitrogens is 2. The van der Waals surface area contributed by atoms with Crippen molar-refractivity contribution in [3.8, 4) is 0 Å². The number of halogens is 1. The Morgan fingerprint density at radius 3 is 2.88 bits per heavy atom. The van der Waals surface area contributed by atoms with E-state index in [-0.39, 0.29) is 12.0 Å². The van der Waals surface area contributed by atoms with Crippen molar-refractivity contribution in [2.75, 3.05) is 25.0 Å². The first-order chi connectivity index (χ1) is 12.2. The van der Waals surface area contributed by atoms with Crippen molar-refractivity contribution in [3.05, 3.63) is 52.8 Å². The fourth-order valence-electron chi connectivity index (χ4n) is 2.64. The molecule has 6 nitrogen and oxygen atoms in total. The first-order valence-corrected chi connectivity index (χ1v) is 8.79. The number of rotatable bonds is 7. The number of hydrogen-bond acceptors (Lipinski definition) is 5. The van der Waals surface area contributed by atoms with E-state index in [1.807, 2.05) is 24.3 Å². The van der Waals surface area contributed by atoms with Crippen LogP contribution in [0.25, 0.3) is 0 Å². The minimum Gasteiger partial charge on any atom is -0.376 e. The average molecular weight is 361 g/mol. The largest absolute Gasteiger partial charge is 0.376 e. The molecule has 1 amide bonds. The first kappa shape index (κ1) is 17.6. The van der Waals surface area contributed by atoms with Crippen LogP contribution in [0.15, 0.2) is 36.5 Å². The third-order valence-corrected chi connectivity index (χ3v) is 4.26. The molecule has 1 aliphatic rings. The molecule has 1 fully saturated rings. The van der Waals surface area contributed by atoms with Crippen LogP contribution in [0.3, 0.4) is 0 Å². The minimum absolute atomic E-state index is 0.195. The van der Waals surface area contributed by atoms with Gasteiger partial charge in [-0.15, -0.1) is 0 Å². The number of ether oxygens (including phenoxy) is 1. The number of benzene rings is 1. The second kappa shape index (κ2) is 8.78. The lowest BCUT2D eigenvalue weighted by Crippen LogP contribution is -2.27. The molecular formula is C18H21ClN4O2. The molecule has 1 unspecified atom stereocenters. The van der Waals surface area contributed by atoms with Crippen molar-refractivity contribution in [3.63, 3.8) is 0 Å². The molecule has 7 heteroatoms. The lowest BCUT2D eigenvalue weighted by molar-refractivity contribution is 0.0949. The lowest BCUT2D eigenvalue weighted by Gasteiger charge is -2.11. The van der Waals surface area contributed by atoms with Gasteiger partial charge in [-0.25, -0.2) is 9.97 Å². The molecule has 0 aliphatic carbocycles. The molecule has 1 saturated heterocycles. The summed E-state index contributed by atoms with van der Waals surface area (Å²) >= 11 is 5.86. The zero-order valence-corrected chi connectivity index (χ0v) is 14.6. The fraction of sp³-hybridized carbons (Fsp3) is 0.389. The molecule has 1 atom stereocenters. The molecule has 0 bridgehead atoms. The van der Waals surface area contributed by atoms with E-state index in [4.69, 9.17) is 16.3 Å². The van der Waals surface area contributed by atoms with Gasteiger partial charge in [-0.2, -0.15) is 0 Å². The molecule has 25 heavy (non-hydrogen) atoms. The molecule has 0 spiro atoms. The van der Waals surface area contributed by atoms with Crippen molar-refractivity contribution < 1.29 is 9.53 Å². The van der Waals surface area contributed by atoms with Crippen molar-refractivity contribution in [1.82, 2.24) is 15.3 Å². The van der Waals surface area contributed by atoms with Gasteiger partial charge >= 0.3 is 0 Å². The predicted molar refractivity (Wildman–Crippen MR) is 97.0 cm³/mol. The number of nitrogens with zero attached hydrogens (tertiary/aromatic N) is 2. The van der Waals surface area contributed by atoms with Crippen LogP contribution in [0.2, 0.25) is 5.02 Å². The third kappa shape index (κ3) is 5.41. The summed E-state index contributed by atoms with van der Waals surface area (Å²) in [5.74, 6) is 0.234. The Morgan fingerprint density at radius 1 is 1.28 bits per heavy atom. The molecule has 3 rings (SSSR count). The van der Waals surface area contributed by atoms with Gasteiger partial charge in [-0.3, -0.25) is 4.79 Å². The summed E-state index contributed by atoms with van der Waals surface area (Å²) in [4.78, 5) is 20.6. The predicted octanol–water partition coefficient (Wildman–Crippen LogP) is 2.69. The van der Waals surface area contributed by atoms with Crippen molar-refractivity contribution >= 4 is 23.5 Å². The highest BCUT2D eigenvalue weighted by Crippen LogP contribution is 2.12. The van der Waals surface area contributed by atoms with Gasteiger partial charge in [0.05, 0.1) is 6.10 Å². The molecule has 2 N–H and O–H groups in total. The van der Waals surface area contributed by atoms with Gasteiger partial charge in [-0.1, -0.05) is 23.7 Å². The highest BCUT2D eigenvalue weighted by molar-refractivity contribution is 6.30. The van der Waals surface area contributed by atoms with Crippen LogP contribution < -0.4 is 10.6 Å². The van der Waals surface area contributed by atoms with Crippen LogP contribution in [-0.2, 0) is 11.2 Å². The van der Waals surface area contributed by atoms with Gasteiger partial charge in [0.15, 0.2) is 0 Å². The average Bonchev–Trinajstić information content (AvgIpc) is 3.15. The molecule has 1 aromatic heterocycles. The molecule has 2 heterocycles. The van der Waals surface area contributed by atoms with Gasteiger partial charge in [-0.05, 0) is 43.0 Å². The molecule has 1 aliphatic heterocycles. The second-order valence-electron chi connectivity index (χ2n) is 5.91. The van der Waals surface area contributed by atoms with E-state index in [0.29, 0.717) is 29.8 Å². The number of carbonyl (C=O) groups is 1. The molecule has 132 valence electrons. The van der Waals surface area contributed by atoms with E-state index in [9.17, 15) is 4.79 Å². The zero-order valence-electron chi connectivity index (χ0n) is 13.9. The van der Waals surface area contributed by atoms with Crippen molar-refractivity contribution in [1.29, 1.82) is 0 Å². The topological polar surface area (TPSA) is 76.1 Å². The SMILES string of the molecule is O=C(NCCc1ccc(Cl)cc1)c1ccnc(NCC2CCCO2)n1. The van der Waals surface area contributed by atoms with Crippen LogP contribution in [0.5, 0.6) is 0 Å². The quantitative estimate of drug-likeness (QED) is 0.794. The Morgan fingerprint density at radius 2 is 2.12 bits per heavy atom. The number of carbonyl (C=O) groups excluding carboxylic acids is 1. The minimum atomic E-state index is -0.212. The van der Waals surface area contributed by atoms with Crippen LogP contribution in [-0.4, -0.2) is 41.7 Å². The Kier molecular flexibility index (Phi) is 6.19. The Bertz CT molecular complexity index is 702. The maximum absolute atomic E-state index is 12.2. The second-order valence-corrected chi connectivity index (χ2v) is 6.35. The van der Waals surface area contributed by atoms with Crippen LogP contribution in [0.4, 0.5) is 5.95 Å². The summed E-state index contributed by atoms with van der Waals surface area (Å²) in [6, 6.07) is 9.19. The molecular weight excluding hydrogens is 340 g/mol. The highest BCUT2D eigenvalue weighted by Gasteiger charge is 2.15. The van der Waals surface area contributed by atoms with Crippen LogP contribution in [0.1, 0.15) is 28.9 Å². The van der Waals surface area contributed by atoms with E-state index >= 15 is 0 Å². The van der Waals surface area contributed by atoms with Crippen molar-refractivity contribution in [2.24, 2.45) is 0 Å². The van der Waals surface area contributed by atoms with E-state index in [1.165, 1.54) is 0 Å². The van der Waals surface area contributed by atoms with E-state index in [1.54, 1.807) is 12.3 Å². The van der Waals surface area contributed by atoms with E-state index in [0.717, 1.165) is 31.4 Å². The summed E-state index contributed by atoms with van der Waals surface area (Å²) in [5, 5.41) is 6.71. The van der Waals surface area contributed by atoms with Gasteiger partial charge in [0.2, 0.25) is 5.95 Å². The van der Waals surface area contributed by atoms with E-state index in [2.05, 4.69) is 20.6 Å². The number of amides is 1. The van der Waals surface area contributed by atoms with Gasteiger partial charge < -0.3 is 15.4 Å². The maximum Gasteiger partial charge on any atom is 0.270 e.